The van der Waals surface area contributed by atoms with Gasteiger partial charge in [0, 0.05) is 43.8 Å². The van der Waals surface area contributed by atoms with E-state index in [1.165, 1.54) is 0 Å². The number of benzene rings is 2. The molecule has 13 nitrogen and oxygen atoms in total. The van der Waals surface area contributed by atoms with E-state index in [4.69, 9.17) is 0 Å². The lowest BCUT2D eigenvalue weighted by Crippen LogP contribution is -2.40. The third-order valence-corrected chi connectivity index (χ3v) is 11.5. The van der Waals surface area contributed by atoms with Crippen LogP contribution >= 0.6 is 0 Å². The number of anilines is 3. The number of aliphatic hydroxyl groups is 1. The number of hydrogen-bond donors (Lipinski definition) is 4. The summed E-state index contributed by atoms with van der Waals surface area (Å²) >= 11 is 0. The number of fused-ring (bicyclic) bond motifs is 2. The number of aryl methyl sites for hydroxylation is 1. The van der Waals surface area contributed by atoms with E-state index in [9.17, 15) is 33.0 Å². The molecular weight excluding hydrogens is 740 g/mol. The number of amides is 1. The van der Waals surface area contributed by atoms with E-state index in [1.54, 1.807) is 24.4 Å². The second-order valence-electron chi connectivity index (χ2n) is 15.3. The first-order valence-electron chi connectivity index (χ1n) is 19.3. The second kappa shape index (κ2) is 15.5. The van der Waals surface area contributed by atoms with Gasteiger partial charge in [-0.1, -0.05) is 24.3 Å². The number of carbonyl (C=O) groups excluding carboxylic acids is 1. The van der Waals surface area contributed by atoms with Crippen molar-refractivity contribution in [2.45, 2.75) is 77.4 Å². The van der Waals surface area contributed by atoms with Crippen molar-refractivity contribution in [2.24, 2.45) is 5.92 Å². The minimum atomic E-state index is -4.79. The van der Waals surface area contributed by atoms with Crippen LogP contribution in [0.5, 0.6) is 0 Å². The maximum Gasteiger partial charge on any atom is 0.451 e. The Morgan fingerprint density at radius 3 is 2.32 bits per heavy atom. The van der Waals surface area contributed by atoms with Crippen LogP contribution in [-0.2, 0) is 24.1 Å². The van der Waals surface area contributed by atoms with E-state index in [2.05, 4.69) is 35.6 Å². The molecule has 0 saturated carbocycles. The van der Waals surface area contributed by atoms with Crippen LogP contribution in [0, 0.1) is 19.8 Å². The molecule has 298 valence electrons. The second-order valence-corrected chi connectivity index (χ2v) is 15.3. The molecule has 2 saturated heterocycles. The summed E-state index contributed by atoms with van der Waals surface area (Å²) < 4.78 is 44.1. The number of carbonyl (C=O) groups is 2. The van der Waals surface area contributed by atoms with E-state index in [-0.39, 0.29) is 34.7 Å². The Hall–Kier alpha value is -5.45. The Labute approximate surface area is 326 Å². The summed E-state index contributed by atoms with van der Waals surface area (Å²) in [7, 11) is 0. The zero-order chi connectivity index (χ0) is 40.0. The summed E-state index contributed by atoms with van der Waals surface area (Å²) in [6.45, 7) is 7.43. The van der Waals surface area contributed by atoms with Gasteiger partial charge in [0.15, 0.2) is 11.5 Å². The largest absolute Gasteiger partial charge is 0.481 e. The zero-order valence-corrected chi connectivity index (χ0v) is 31.7. The van der Waals surface area contributed by atoms with Crippen molar-refractivity contribution in [2.75, 3.05) is 36.8 Å². The molecule has 5 aromatic rings. The standard InChI is InChI=1S/C41H44F3N9O4/c1-23-28(6-3-8-30(23)46-37-36-32(48-40(49-37)41(42,43)44)18-25(20-45-36)21-51-15-13-27(54)22-51)29-7-4-9-31(24(29)2)47-38(55)33-19-35-34(10-5-14-53(35)50-33)52-16-11-26(12-17-52)39(56)57/h3-4,6-9,18-20,26-27,34,54H,5,10-17,21-22H2,1-2H3,(H,47,55)(H,56,57)(H,46,48,49)/t27-,34-/m1/s1. The normalized spacial score (nSPS) is 19.5. The topological polar surface area (TPSA) is 162 Å². The van der Waals surface area contributed by atoms with Crippen molar-refractivity contribution in [3.05, 3.63) is 88.6 Å². The fraction of sp³-hybridized carbons (Fsp3) is 0.415. The maximum atomic E-state index is 14.1. The minimum Gasteiger partial charge on any atom is -0.481 e. The number of aromatic nitrogens is 5. The van der Waals surface area contributed by atoms with Gasteiger partial charge >= 0.3 is 12.1 Å². The van der Waals surface area contributed by atoms with Crippen molar-refractivity contribution in [3.63, 3.8) is 0 Å². The Balaban J connectivity index is 1.03. The fourth-order valence-corrected chi connectivity index (χ4v) is 8.41. The highest BCUT2D eigenvalue weighted by Gasteiger charge is 2.36. The monoisotopic (exact) mass is 783 g/mol. The van der Waals surface area contributed by atoms with Crippen LogP contribution in [0.4, 0.5) is 30.4 Å². The molecule has 3 aliphatic heterocycles. The summed E-state index contributed by atoms with van der Waals surface area (Å²) in [5, 5.41) is 30.2. The van der Waals surface area contributed by atoms with Gasteiger partial charge in [-0.2, -0.15) is 18.3 Å². The molecule has 3 aliphatic rings. The molecule has 0 spiro atoms. The first kappa shape index (κ1) is 38.4. The number of aliphatic carboxylic acids is 1. The number of likely N-dealkylation sites (tertiary alicyclic amines) is 2. The van der Waals surface area contributed by atoms with Gasteiger partial charge in [0.2, 0.25) is 5.82 Å². The van der Waals surface area contributed by atoms with Crippen molar-refractivity contribution in [1.82, 2.24) is 34.5 Å². The van der Waals surface area contributed by atoms with Gasteiger partial charge in [0.05, 0.1) is 29.3 Å². The van der Waals surface area contributed by atoms with E-state index in [0.29, 0.717) is 81.2 Å². The number of alkyl halides is 3. The van der Waals surface area contributed by atoms with Gasteiger partial charge in [-0.15, -0.1) is 0 Å². The van der Waals surface area contributed by atoms with Gasteiger partial charge in [0.25, 0.3) is 5.91 Å². The molecule has 2 fully saturated rings. The lowest BCUT2D eigenvalue weighted by Gasteiger charge is -2.38. The highest BCUT2D eigenvalue weighted by molar-refractivity contribution is 6.04. The number of nitrogens with zero attached hydrogens (tertiary/aromatic N) is 7. The average molecular weight is 784 g/mol. The van der Waals surface area contributed by atoms with Crippen LogP contribution in [0.3, 0.4) is 0 Å². The lowest BCUT2D eigenvalue weighted by atomic mass is 9.93. The van der Waals surface area contributed by atoms with Gasteiger partial charge in [-0.05, 0) is 111 Å². The fourth-order valence-electron chi connectivity index (χ4n) is 8.41. The molecule has 0 radical (unpaired) electrons. The summed E-state index contributed by atoms with van der Waals surface area (Å²) in [5.74, 6) is -2.78. The first-order valence-corrected chi connectivity index (χ1v) is 19.3. The van der Waals surface area contributed by atoms with E-state index in [1.807, 2.05) is 53.8 Å². The van der Waals surface area contributed by atoms with Crippen LogP contribution < -0.4 is 10.6 Å². The molecule has 16 heteroatoms. The molecule has 4 N–H and O–H groups in total. The van der Waals surface area contributed by atoms with Crippen molar-refractivity contribution < 1.29 is 33.0 Å². The Morgan fingerprint density at radius 2 is 1.63 bits per heavy atom. The van der Waals surface area contributed by atoms with Crippen LogP contribution in [0.25, 0.3) is 22.2 Å². The number of hydrogen-bond acceptors (Lipinski definition) is 10. The average Bonchev–Trinajstić information content (AvgIpc) is 3.82. The molecule has 3 aromatic heterocycles. The third-order valence-electron chi connectivity index (χ3n) is 11.5. The molecule has 0 aliphatic carbocycles. The Bertz CT molecular complexity index is 2340. The number of piperidine rings is 1. The zero-order valence-electron chi connectivity index (χ0n) is 31.7. The van der Waals surface area contributed by atoms with E-state index < -0.39 is 24.1 Å². The SMILES string of the molecule is Cc1c(NC(=O)c2cc3n(n2)CCC[C@H]3N2CCC(C(=O)O)CC2)cccc1-c1cccc(Nc2nc(C(F)(F)F)nc3cc(CN4CC[C@@H](O)C4)cnc23)c1C. The maximum absolute atomic E-state index is 14.1. The van der Waals surface area contributed by atoms with Crippen molar-refractivity contribution in [3.8, 4) is 11.1 Å². The molecule has 2 aromatic carbocycles. The van der Waals surface area contributed by atoms with Gasteiger partial charge in [-0.25, -0.2) is 9.97 Å². The highest BCUT2D eigenvalue weighted by atomic mass is 19.4. The highest BCUT2D eigenvalue weighted by Crippen LogP contribution is 2.38. The first-order chi connectivity index (χ1) is 27.3. The van der Waals surface area contributed by atoms with Crippen LogP contribution in [0.1, 0.15) is 76.8 Å². The molecule has 1 amide bonds. The molecule has 0 bridgehead atoms. The summed E-state index contributed by atoms with van der Waals surface area (Å²) in [6.07, 6.45) is 0.0433. The number of nitrogens with one attached hydrogen (secondary N) is 2. The van der Waals surface area contributed by atoms with E-state index >= 15 is 0 Å². The quantitative estimate of drug-likeness (QED) is 0.126. The van der Waals surface area contributed by atoms with Crippen LogP contribution in [0.15, 0.2) is 54.7 Å². The molecule has 57 heavy (non-hydrogen) atoms. The Kier molecular flexibility index (Phi) is 10.4. The summed E-state index contributed by atoms with van der Waals surface area (Å²) in [5.41, 5.74) is 6.47. The number of rotatable bonds is 9. The molecular formula is C41H44F3N9O4. The van der Waals surface area contributed by atoms with Crippen molar-refractivity contribution >= 4 is 40.1 Å². The minimum absolute atomic E-state index is 0.0552. The number of aliphatic hydroxyl groups excluding tert-OH is 1. The van der Waals surface area contributed by atoms with Crippen LogP contribution in [-0.4, -0.2) is 88.9 Å². The number of carboxylic acids is 1. The lowest BCUT2D eigenvalue weighted by molar-refractivity contribution is -0.145. The third kappa shape index (κ3) is 7.93. The molecule has 6 heterocycles. The van der Waals surface area contributed by atoms with Crippen molar-refractivity contribution in [1.29, 1.82) is 0 Å². The van der Waals surface area contributed by atoms with Gasteiger partial charge < -0.3 is 20.8 Å². The summed E-state index contributed by atoms with van der Waals surface area (Å²) in [6, 6.07) is 14.6. The Morgan fingerprint density at radius 1 is 0.912 bits per heavy atom. The number of β-amino-alcohol motifs (C(OH)–C–C–N with tert-alkyl or cyclic N) is 1. The molecule has 0 unspecified atom stereocenters. The van der Waals surface area contributed by atoms with Gasteiger partial charge in [-0.3, -0.25) is 29.1 Å². The van der Waals surface area contributed by atoms with Crippen LogP contribution in [0.2, 0.25) is 0 Å². The smallest absolute Gasteiger partial charge is 0.451 e. The number of carboxylic acid groups (broad SMARTS) is 1. The van der Waals surface area contributed by atoms with Gasteiger partial charge in [0.1, 0.15) is 5.52 Å². The van der Waals surface area contributed by atoms with E-state index in [0.717, 1.165) is 40.8 Å². The predicted octanol–water partition coefficient (Wildman–Crippen LogP) is 6.72. The molecule has 8 rings (SSSR count). The number of halogens is 3. The number of pyridine rings is 1. The predicted molar refractivity (Wildman–Crippen MR) is 207 cm³/mol. The molecule has 2 atom stereocenters. The summed E-state index contributed by atoms with van der Waals surface area (Å²) in [4.78, 5) is 41.7.